The van der Waals surface area contributed by atoms with Gasteiger partial charge in [0.1, 0.15) is 0 Å². The van der Waals surface area contributed by atoms with E-state index in [0.29, 0.717) is 24.7 Å². The maximum atomic E-state index is 14.3. The maximum absolute atomic E-state index is 14.3. The second-order valence-electron chi connectivity index (χ2n) is 6.18. The molecule has 0 aliphatic carbocycles. The molecule has 1 aliphatic heterocycles. The van der Waals surface area contributed by atoms with E-state index < -0.39 is 11.6 Å². The van der Waals surface area contributed by atoms with Gasteiger partial charge in [-0.15, -0.1) is 6.58 Å². The number of ether oxygens (including phenoxy) is 2. The van der Waals surface area contributed by atoms with Gasteiger partial charge in [0.2, 0.25) is 5.82 Å². The predicted octanol–water partition coefficient (Wildman–Crippen LogP) is 5.48. The van der Waals surface area contributed by atoms with Crippen molar-refractivity contribution in [1.82, 2.24) is 0 Å². The van der Waals surface area contributed by atoms with Crippen molar-refractivity contribution in [2.45, 2.75) is 31.8 Å². The third-order valence-electron chi connectivity index (χ3n) is 4.61. The van der Waals surface area contributed by atoms with Crippen LogP contribution in [0.1, 0.15) is 31.2 Å². The minimum atomic E-state index is -0.945. The van der Waals surface area contributed by atoms with Crippen LogP contribution < -0.4 is 4.74 Å². The van der Waals surface area contributed by atoms with Gasteiger partial charge in [-0.1, -0.05) is 30.3 Å². The quantitative estimate of drug-likeness (QED) is 0.669. The van der Waals surface area contributed by atoms with Crippen LogP contribution in [0.2, 0.25) is 0 Å². The van der Waals surface area contributed by atoms with Crippen molar-refractivity contribution in [2.24, 2.45) is 0 Å². The van der Waals surface area contributed by atoms with E-state index in [2.05, 4.69) is 6.58 Å². The van der Waals surface area contributed by atoms with E-state index in [1.807, 2.05) is 30.3 Å². The van der Waals surface area contributed by atoms with Crippen LogP contribution in [0.4, 0.5) is 8.78 Å². The van der Waals surface area contributed by atoms with Gasteiger partial charge in [-0.05, 0) is 43.0 Å². The number of benzene rings is 2. The smallest absolute Gasteiger partial charge is 0.201 e. The van der Waals surface area contributed by atoms with Gasteiger partial charge in [-0.2, -0.15) is 4.39 Å². The molecule has 3 rings (SSSR count). The summed E-state index contributed by atoms with van der Waals surface area (Å²) in [6.07, 6.45) is 3.95. The molecule has 0 amide bonds. The zero-order valence-corrected chi connectivity index (χ0v) is 14.3. The van der Waals surface area contributed by atoms with Crippen LogP contribution in [0.15, 0.2) is 49.1 Å². The number of rotatable bonds is 5. The topological polar surface area (TPSA) is 18.5 Å². The monoisotopic (exact) mass is 344 g/mol. The standard InChI is InChI=1S/C21H22F2O2/c1-3-17-10-9-16(13-25-17)14-5-7-15(8-6-14)18-11-12-19(24-4-2)21(23)20(18)22/h3,5-8,11-12,16-17H,1,4,9-10,13H2,2H3. The largest absolute Gasteiger partial charge is 0.491 e. The lowest BCUT2D eigenvalue weighted by atomic mass is 9.90. The molecule has 25 heavy (non-hydrogen) atoms. The SMILES string of the molecule is C=CC1CCC(c2ccc(-c3ccc(OCC)c(F)c3F)cc2)CO1. The van der Waals surface area contributed by atoms with Crippen LogP contribution in [0.3, 0.4) is 0 Å². The Morgan fingerprint density at radius 2 is 1.88 bits per heavy atom. The molecule has 0 bridgehead atoms. The Bertz CT molecular complexity index is 732. The minimum absolute atomic E-state index is 0.0588. The molecule has 0 radical (unpaired) electrons. The molecule has 132 valence electrons. The number of halogens is 2. The van der Waals surface area contributed by atoms with Crippen molar-refractivity contribution in [1.29, 1.82) is 0 Å². The average Bonchev–Trinajstić information content (AvgIpc) is 2.66. The molecule has 0 spiro atoms. The Labute approximate surface area is 147 Å². The fourth-order valence-corrected chi connectivity index (χ4v) is 3.18. The summed E-state index contributed by atoms with van der Waals surface area (Å²) >= 11 is 0. The van der Waals surface area contributed by atoms with E-state index in [9.17, 15) is 8.78 Å². The van der Waals surface area contributed by atoms with Crippen molar-refractivity contribution in [3.8, 4) is 16.9 Å². The number of hydrogen-bond donors (Lipinski definition) is 0. The molecule has 0 N–H and O–H groups in total. The molecule has 1 saturated heterocycles. The Kier molecular flexibility index (Phi) is 5.49. The van der Waals surface area contributed by atoms with Crippen LogP contribution in [0.25, 0.3) is 11.1 Å². The molecule has 0 saturated carbocycles. The summed E-state index contributed by atoms with van der Waals surface area (Å²) in [6, 6.07) is 10.6. The first kappa shape index (κ1) is 17.6. The van der Waals surface area contributed by atoms with Gasteiger partial charge in [0.05, 0.1) is 19.3 Å². The highest BCUT2D eigenvalue weighted by atomic mass is 19.2. The molecule has 2 aromatic rings. The van der Waals surface area contributed by atoms with E-state index in [0.717, 1.165) is 18.4 Å². The summed E-state index contributed by atoms with van der Waals surface area (Å²) in [4.78, 5) is 0. The molecular weight excluding hydrogens is 322 g/mol. The second-order valence-corrected chi connectivity index (χ2v) is 6.18. The molecule has 1 heterocycles. The summed E-state index contributed by atoms with van der Waals surface area (Å²) in [5.74, 6) is -1.56. The lowest BCUT2D eigenvalue weighted by Crippen LogP contribution is -2.22. The Hall–Kier alpha value is -2.20. The molecule has 1 fully saturated rings. The van der Waals surface area contributed by atoms with Crippen molar-refractivity contribution >= 4 is 0 Å². The zero-order valence-electron chi connectivity index (χ0n) is 14.3. The molecule has 1 aliphatic rings. The summed E-state index contributed by atoms with van der Waals surface area (Å²) in [7, 11) is 0. The van der Waals surface area contributed by atoms with E-state index in [-0.39, 0.29) is 17.4 Å². The van der Waals surface area contributed by atoms with Gasteiger partial charge in [0.25, 0.3) is 0 Å². The molecule has 2 nitrogen and oxygen atoms in total. The average molecular weight is 344 g/mol. The van der Waals surface area contributed by atoms with Crippen LogP contribution in [-0.2, 0) is 4.74 Å². The van der Waals surface area contributed by atoms with E-state index in [4.69, 9.17) is 9.47 Å². The third kappa shape index (κ3) is 3.74. The van der Waals surface area contributed by atoms with Gasteiger partial charge >= 0.3 is 0 Å². The maximum Gasteiger partial charge on any atom is 0.201 e. The third-order valence-corrected chi connectivity index (χ3v) is 4.61. The second kappa shape index (κ2) is 7.79. The highest BCUT2D eigenvalue weighted by Gasteiger charge is 2.21. The van der Waals surface area contributed by atoms with Crippen LogP contribution >= 0.6 is 0 Å². The molecule has 2 atom stereocenters. The van der Waals surface area contributed by atoms with E-state index >= 15 is 0 Å². The lowest BCUT2D eigenvalue weighted by molar-refractivity contribution is 0.0329. The first-order valence-corrected chi connectivity index (χ1v) is 8.59. The van der Waals surface area contributed by atoms with E-state index in [1.54, 1.807) is 13.0 Å². The highest BCUT2D eigenvalue weighted by molar-refractivity contribution is 5.65. The predicted molar refractivity (Wildman–Crippen MR) is 94.9 cm³/mol. The normalized spacial score (nSPS) is 20.3. The zero-order chi connectivity index (χ0) is 17.8. The summed E-state index contributed by atoms with van der Waals surface area (Å²) in [5, 5.41) is 0. The van der Waals surface area contributed by atoms with Gasteiger partial charge in [0, 0.05) is 11.5 Å². The van der Waals surface area contributed by atoms with Crippen molar-refractivity contribution in [2.75, 3.05) is 13.2 Å². The Morgan fingerprint density at radius 3 is 2.48 bits per heavy atom. The van der Waals surface area contributed by atoms with Crippen molar-refractivity contribution in [3.63, 3.8) is 0 Å². The Balaban J connectivity index is 1.79. The fraction of sp³-hybridized carbons (Fsp3) is 0.333. The molecule has 2 unspecified atom stereocenters. The van der Waals surface area contributed by atoms with Crippen molar-refractivity contribution in [3.05, 3.63) is 66.3 Å². The highest BCUT2D eigenvalue weighted by Crippen LogP contribution is 2.33. The molecule has 0 aromatic heterocycles. The molecular formula is C21H22F2O2. The summed E-state index contributed by atoms with van der Waals surface area (Å²) < 4.78 is 39.2. The van der Waals surface area contributed by atoms with E-state index in [1.165, 1.54) is 6.07 Å². The molecule has 4 heteroatoms. The van der Waals surface area contributed by atoms with Crippen molar-refractivity contribution < 1.29 is 18.3 Å². The van der Waals surface area contributed by atoms with Gasteiger partial charge in [0.15, 0.2) is 11.6 Å². The first-order chi connectivity index (χ1) is 12.1. The fourth-order valence-electron chi connectivity index (χ4n) is 3.18. The number of hydrogen-bond acceptors (Lipinski definition) is 2. The van der Waals surface area contributed by atoms with Gasteiger partial charge < -0.3 is 9.47 Å². The van der Waals surface area contributed by atoms with Gasteiger partial charge in [-0.3, -0.25) is 0 Å². The van der Waals surface area contributed by atoms with Crippen LogP contribution in [-0.4, -0.2) is 19.3 Å². The summed E-state index contributed by atoms with van der Waals surface area (Å²) in [5.41, 5.74) is 2.03. The van der Waals surface area contributed by atoms with Gasteiger partial charge in [-0.25, -0.2) is 4.39 Å². The minimum Gasteiger partial charge on any atom is -0.491 e. The summed E-state index contributed by atoms with van der Waals surface area (Å²) in [6.45, 7) is 6.44. The van der Waals surface area contributed by atoms with Crippen LogP contribution in [0, 0.1) is 11.6 Å². The lowest BCUT2D eigenvalue weighted by Gasteiger charge is -2.27. The Morgan fingerprint density at radius 1 is 1.12 bits per heavy atom. The first-order valence-electron chi connectivity index (χ1n) is 8.59. The molecule has 2 aromatic carbocycles. The van der Waals surface area contributed by atoms with Crippen LogP contribution in [0.5, 0.6) is 5.75 Å².